The second-order valence-corrected chi connectivity index (χ2v) is 9.55. The molecule has 1 amide bonds. The van der Waals surface area contributed by atoms with Crippen molar-refractivity contribution in [2.45, 2.75) is 31.1 Å². The molecule has 2 aromatic carbocycles. The summed E-state index contributed by atoms with van der Waals surface area (Å²) in [5.74, 6) is 1.93. The predicted molar refractivity (Wildman–Crippen MR) is 119 cm³/mol. The Balaban J connectivity index is 1.25. The monoisotopic (exact) mass is 435 g/mol. The van der Waals surface area contributed by atoms with E-state index in [0.29, 0.717) is 29.7 Å². The number of hydrogen-bond acceptors (Lipinski definition) is 5. The number of benzene rings is 2. The molecule has 0 radical (unpaired) electrons. The Labute approximate surface area is 188 Å². The maximum Gasteiger partial charge on any atom is 0.317 e. The van der Waals surface area contributed by atoms with Crippen molar-refractivity contribution in [1.82, 2.24) is 4.90 Å². The molecule has 4 fully saturated rings. The molecule has 6 rings (SSSR count). The number of rotatable bonds is 7. The van der Waals surface area contributed by atoms with Crippen LogP contribution in [-0.2, 0) is 14.9 Å². The number of amides is 1. The highest BCUT2D eigenvalue weighted by atomic mass is 16.5. The molecule has 168 valence electrons. The Kier molecular flexibility index (Phi) is 5.11. The molecule has 32 heavy (non-hydrogen) atoms. The van der Waals surface area contributed by atoms with Crippen LogP contribution in [-0.4, -0.2) is 50.7 Å². The second kappa shape index (κ2) is 7.84. The highest BCUT2D eigenvalue weighted by Crippen LogP contribution is 2.65. The predicted octanol–water partition coefficient (Wildman–Crippen LogP) is 3.83. The smallest absolute Gasteiger partial charge is 0.317 e. The molecule has 2 bridgehead atoms. The van der Waals surface area contributed by atoms with Crippen LogP contribution in [0.25, 0.3) is 0 Å². The lowest BCUT2D eigenvalue weighted by atomic mass is 9.42. The fraction of sp³-hybridized carbons (Fsp3) is 0.462. The Bertz CT molecular complexity index is 998. The minimum absolute atomic E-state index is 0.110. The van der Waals surface area contributed by atoms with Gasteiger partial charge in [0, 0.05) is 18.7 Å². The Morgan fingerprint density at radius 2 is 1.62 bits per heavy atom. The molecule has 1 saturated heterocycles. The van der Waals surface area contributed by atoms with Crippen molar-refractivity contribution >= 4 is 11.9 Å². The van der Waals surface area contributed by atoms with Crippen LogP contribution in [0.4, 0.5) is 0 Å². The zero-order chi connectivity index (χ0) is 22.3. The number of ether oxygens (including phenoxy) is 3. The summed E-state index contributed by atoms with van der Waals surface area (Å²) in [5.41, 5.74) is 1.51. The Morgan fingerprint density at radius 1 is 0.969 bits per heavy atom. The summed E-state index contributed by atoms with van der Waals surface area (Å²) >= 11 is 0. The molecule has 0 aromatic heterocycles. The van der Waals surface area contributed by atoms with E-state index in [1.807, 2.05) is 12.1 Å². The van der Waals surface area contributed by atoms with Crippen molar-refractivity contribution < 1.29 is 23.8 Å². The molecule has 0 N–H and O–H groups in total. The van der Waals surface area contributed by atoms with Gasteiger partial charge >= 0.3 is 5.97 Å². The first-order chi connectivity index (χ1) is 15.5. The summed E-state index contributed by atoms with van der Waals surface area (Å²) in [4.78, 5) is 27.4. The second-order valence-electron chi connectivity index (χ2n) is 9.55. The number of carbonyl (C=O) groups is 2. The third-order valence-corrected chi connectivity index (χ3v) is 7.62. The topological polar surface area (TPSA) is 65.1 Å². The molecule has 3 saturated carbocycles. The van der Waals surface area contributed by atoms with Gasteiger partial charge in [-0.05, 0) is 79.0 Å². The third kappa shape index (κ3) is 3.42. The van der Waals surface area contributed by atoms with Gasteiger partial charge in [-0.25, -0.2) is 0 Å². The lowest BCUT2D eigenvalue weighted by Gasteiger charge is -2.62. The molecule has 6 heteroatoms. The normalized spacial score (nSPS) is 27.8. The van der Waals surface area contributed by atoms with Crippen LogP contribution in [0.5, 0.6) is 11.5 Å². The molecule has 1 unspecified atom stereocenters. The summed E-state index contributed by atoms with van der Waals surface area (Å²) < 4.78 is 16.3. The van der Waals surface area contributed by atoms with Crippen LogP contribution in [0.15, 0.2) is 48.5 Å². The summed E-state index contributed by atoms with van der Waals surface area (Å²) in [5, 5.41) is 0. The third-order valence-electron chi connectivity index (χ3n) is 7.62. The van der Waals surface area contributed by atoms with E-state index in [0.717, 1.165) is 11.7 Å². The van der Waals surface area contributed by atoms with Gasteiger partial charge in [-0.15, -0.1) is 0 Å². The molecule has 4 aliphatic rings. The molecular weight excluding hydrogens is 406 g/mol. The number of esters is 1. The van der Waals surface area contributed by atoms with Crippen molar-refractivity contribution in [3.05, 3.63) is 59.7 Å². The molecule has 6 nitrogen and oxygen atoms in total. The number of nitrogens with zero attached hydrogens (tertiary/aromatic N) is 1. The zero-order valence-electron chi connectivity index (χ0n) is 18.6. The van der Waals surface area contributed by atoms with Gasteiger partial charge in [0.15, 0.2) is 0 Å². The summed E-state index contributed by atoms with van der Waals surface area (Å²) in [6.07, 6.45) is 4.45. The lowest BCUT2D eigenvalue weighted by molar-refractivity contribution is -0.153. The van der Waals surface area contributed by atoms with Crippen LogP contribution < -0.4 is 9.47 Å². The minimum atomic E-state index is -0.872. The van der Waals surface area contributed by atoms with Gasteiger partial charge in [0.1, 0.15) is 23.5 Å². The highest BCUT2D eigenvalue weighted by molar-refractivity contribution is 5.95. The maximum absolute atomic E-state index is 13.0. The number of methoxy groups -OCH3 is 2. The molecule has 2 aromatic rings. The average molecular weight is 436 g/mol. The van der Waals surface area contributed by atoms with E-state index in [4.69, 9.17) is 14.2 Å². The summed E-state index contributed by atoms with van der Waals surface area (Å²) in [7, 11) is 2.97. The van der Waals surface area contributed by atoms with Crippen LogP contribution in [0.3, 0.4) is 0 Å². The van der Waals surface area contributed by atoms with Crippen molar-refractivity contribution in [1.29, 1.82) is 0 Å². The van der Waals surface area contributed by atoms with Crippen molar-refractivity contribution in [3.8, 4) is 11.5 Å². The first-order valence-corrected chi connectivity index (χ1v) is 11.2. The Morgan fingerprint density at radius 3 is 2.19 bits per heavy atom. The highest BCUT2D eigenvalue weighted by Gasteiger charge is 2.57. The van der Waals surface area contributed by atoms with Crippen LogP contribution in [0, 0.1) is 11.3 Å². The van der Waals surface area contributed by atoms with Gasteiger partial charge in [-0.3, -0.25) is 9.59 Å². The van der Waals surface area contributed by atoms with Crippen molar-refractivity contribution in [3.63, 3.8) is 0 Å². The summed E-state index contributed by atoms with van der Waals surface area (Å²) in [6, 6.07) is 15.3. The molecule has 0 spiro atoms. The van der Waals surface area contributed by atoms with Gasteiger partial charge in [-0.2, -0.15) is 0 Å². The van der Waals surface area contributed by atoms with E-state index in [2.05, 4.69) is 12.1 Å². The molecular formula is C26H29NO5. The van der Waals surface area contributed by atoms with E-state index in [9.17, 15) is 9.59 Å². The van der Waals surface area contributed by atoms with Gasteiger partial charge in [-0.1, -0.05) is 12.1 Å². The van der Waals surface area contributed by atoms with Gasteiger partial charge in [0.25, 0.3) is 5.91 Å². The lowest BCUT2D eigenvalue weighted by Crippen LogP contribution is -2.55. The van der Waals surface area contributed by atoms with E-state index in [1.54, 1.807) is 36.3 Å². The number of hydrogen-bond donors (Lipinski definition) is 0. The van der Waals surface area contributed by atoms with E-state index in [-0.39, 0.29) is 25.0 Å². The Hall–Kier alpha value is -3.02. The first-order valence-electron chi connectivity index (χ1n) is 11.2. The molecule has 1 aliphatic heterocycles. The van der Waals surface area contributed by atoms with Crippen molar-refractivity contribution in [2.24, 2.45) is 11.3 Å². The zero-order valence-corrected chi connectivity index (χ0v) is 18.6. The van der Waals surface area contributed by atoms with Gasteiger partial charge in [0.2, 0.25) is 0 Å². The van der Waals surface area contributed by atoms with E-state index in [1.165, 1.54) is 31.9 Å². The SMILES string of the molecule is COC(=O)C1(COc2ccc(C34CC(C3)C4)cc2)CCN(C(=O)c2ccc(OC)cc2)C1. The molecule has 3 aliphatic carbocycles. The van der Waals surface area contributed by atoms with Crippen LogP contribution >= 0.6 is 0 Å². The van der Waals surface area contributed by atoms with Gasteiger partial charge < -0.3 is 19.1 Å². The van der Waals surface area contributed by atoms with Gasteiger partial charge in [0.05, 0.1) is 14.2 Å². The van der Waals surface area contributed by atoms with Crippen molar-refractivity contribution in [2.75, 3.05) is 33.9 Å². The quantitative estimate of drug-likeness (QED) is 0.619. The summed E-state index contributed by atoms with van der Waals surface area (Å²) in [6.45, 7) is 0.928. The number of likely N-dealkylation sites (tertiary alicyclic amines) is 1. The largest absolute Gasteiger partial charge is 0.497 e. The fourth-order valence-electron chi connectivity index (χ4n) is 5.48. The number of carbonyl (C=O) groups excluding carboxylic acids is 2. The molecule has 1 heterocycles. The first kappa shape index (κ1) is 20.9. The standard InChI is InChI=1S/C26H29NO5/c1-30-21-7-3-19(4-8-21)23(28)27-12-11-25(16-27,24(29)31-2)17-32-22-9-5-20(6-10-22)26-13-18(14-26)15-26/h3-10,18H,11-17H2,1-2H3. The van der Waals surface area contributed by atoms with Crippen LogP contribution in [0.1, 0.15) is 41.6 Å². The average Bonchev–Trinajstić information content (AvgIpc) is 3.21. The minimum Gasteiger partial charge on any atom is -0.497 e. The molecule has 1 atom stereocenters. The fourth-order valence-corrected chi connectivity index (χ4v) is 5.48. The van der Waals surface area contributed by atoms with Crippen LogP contribution in [0.2, 0.25) is 0 Å². The maximum atomic E-state index is 13.0. The van der Waals surface area contributed by atoms with E-state index >= 15 is 0 Å². The van der Waals surface area contributed by atoms with E-state index < -0.39 is 5.41 Å².